The van der Waals surface area contributed by atoms with Crippen molar-refractivity contribution >= 4 is 44.8 Å². The number of nitrogens with zero attached hydrogens (tertiary/aromatic N) is 3. The molecule has 0 radical (unpaired) electrons. The maximum Gasteiger partial charge on any atom is 0.410 e. The van der Waals surface area contributed by atoms with E-state index in [4.69, 9.17) is 18.9 Å². The molecule has 10 heteroatoms. The first kappa shape index (κ1) is 34.9. The number of methoxy groups -OCH3 is 1. The van der Waals surface area contributed by atoms with Crippen molar-refractivity contribution in [3.05, 3.63) is 58.3 Å². The van der Waals surface area contributed by atoms with Crippen molar-refractivity contribution in [2.75, 3.05) is 7.11 Å². The summed E-state index contributed by atoms with van der Waals surface area (Å²) < 4.78 is 27.2. The molecule has 2 heterocycles. The molecule has 2 atom stereocenters. The third kappa shape index (κ3) is 5.90. The second-order valence-corrected chi connectivity index (χ2v) is 14.3. The van der Waals surface area contributed by atoms with Gasteiger partial charge in [-0.25, -0.2) is 9.59 Å². The molecular formula is C38H49N3O7. The van der Waals surface area contributed by atoms with E-state index in [-0.39, 0.29) is 29.6 Å². The molecule has 0 aliphatic carbocycles. The predicted octanol–water partition coefficient (Wildman–Crippen LogP) is 7.95. The Morgan fingerprint density at radius 3 is 1.88 bits per heavy atom. The van der Waals surface area contributed by atoms with Crippen LogP contribution in [0.15, 0.2) is 47.3 Å². The Morgan fingerprint density at radius 1 is 0.833 bits per heavy atom. The van der Waals surface area contributed by atoms with Crippen molar-refractivity contribution in [1.82, 2.24) is 14.4 Å². The van der Waals surface area contributed by atoms with Crippen molar-refractivity contribution in [3.63, 3.8) is 0 Å². The summed E-state index contributed by atoms with van der Waals surface area (Å²) in [5.41, 5.74) is 0.194. The number of ether oxygens (including phenoxy) is 4. The van der Waals surface area contributed by atoms with Crippen LogP contribution in [0.1, 0.15) is 80.9 Å². The van der Waals surface area contributed by atoms with Crippen LogP contribution in [-0.4, -0.2) is 69.5 Å². The Morgan fingerprint density at radius 2 is 1.35 bits per heavy atom. The van der Waals surface area contributed by atoms with E-state index in [0.29, 0.717) is 38.9 Å². The van der Waals surface area contributed by atoms with Gasteiger partial charge in [0, 0.05) is 42.7 Å². The van der Waals surface area contributed by atoms with Crippen LogP contribution in [0.3, 0.4) is 0 Å². The Labute approximate surface area is 282 Å². The van der Waals surface area contributed by atoms with E-state index < -0.39 is 30.0 Å². The minimum Gasteiger partial charge on any atom is -0.496 e. The van der Waals surface area contributed by atoms with Crippen LogP contribution in [0, 0.1) is 0 Å². The summed E-state index contributed by atoms with van der Waals surface area (Å²) in [7, 11) is 3.38. The molecule has 1 aromatic heterocycles. The third-order valence-electron chi connectivity index (χ3n) is 9.24. The SMILES string of the molecule is COc1cc2c(c3c1c(=O)c1cc4ccccc4cc1n3C)C(OC(=O)N(C(C)C)C(C)C)C(OC(=O)N(C(C)C)C(C)C)C(C)(C)O2. The highest BCUT2D eigenvalue weighted by molar-refractivity contribution is 6.04. The first-order chi connectivity index (χ1) is 22.5. The second kappa shape index (κ2) is 12.9. The lowest BCUT2D eigenvalue weighted by molar-refractivity contribution is -0.128. The molecule has 5 rings (SSSR count). The van der Waals surface area contributed by atoms with Gasteiger partial charge in [-0.2, -0.15) is 0 Å². The van der Waals surface area contributed by atoms with Gasteiger partial charge < -0.3 is 33.3 Å². The molecule has 0 bridgehead atoms. The monoisotopic (exact) mass is 659 g/mol. The fourth-order valence-corrected chi connectivity index (χ4v) is 7.22. The molecule has 4 aromatic rings. The molecule has 0 saturated carbocycles. The van der Waals surface area contributed by atoms with Gasteiger partial charge in [-0.3, -0.25) is 4.79 Å². The molecule has 0 spiro atoms. The molecular weight excluding hydrogens is 610 g/mol. The number of hydrogen-bond acceptors (Lipinski definition) is 7. The van der Waals surface area contributed by atoms with Crippen molar-refractivity contribution in [1.29, 1.82) is 0 Å². The fourth-order valence-electron chi connectivity index (χ4n) is 7.22. The number of benzene rings is 3. The van der Waals surface area contributed by atoms with Crippen LogP contribution >= 0.6 is 0 Å². The highest BCUT2D eigenvalue weighted by atomic mass is 16.6. The Bertz CT molecular complexity index is 1930. The van der Waals surface area contributed by atoms with Gasteiger partial charge in [0.15, 0.2) is 12.2 Å². The largest absolute Gasteiger partial charge is 0.496 e. The van der Waals surface area contributed by atoms with E-state index in [1.807, 2.05) is 103 Å². The van der Waals surface area contributed by atoms with Crippen molar-refractivity contribution in [2.24, 2.45) is 7.05 Å². The van der Waals surface area contributed by atoms with Gasteiger partial charge in [0.25, 0.3) is 0 Å². The Hall–Kier alpha value is -4.47. The van der Waals surface area contributed by atoms with E-state index >= 15 is 0 Å². The van der Waals surface area contributed by atoms with E-state index in [9.17, 15) is 14.4 Å². The lowest BCUT2D eigenvalue weighted by atomic mass is 9.86. The molecule has 48 heavy (non-hydrogen) atoms. The number of amides is 2. The van der Waals surface area contributed by atoms with Crippen LogP contribution < -0.4 is 14.9 Å². The topological polar surface area (TPSA) is 99.5 Å². The molecule has 0 fully saturated rings. The number of fused-ring (bicyclic) bond motifs is 5. The lowest BCUT2D eigenvalue weighted by Crippen LogP contribution is -2.55. The van der Waals surface area contributed by atoms with Gasteiger partial charge in [0.05, 0.1) is 29.1 Å². The first-order valence-electron chi connectivity index (χ1n) is 16.7. The van der Waals surface area contributed by atoms with Gasteiger partial charge in [-0.05, 0) is 92.1 Å². The predicted molar refractivity (Wildman–Crippen MR) is 189 cm³/mol. The van der Waals surface area contributed by atoms with E-state index in [2.05, 4.69) is 0 Å². The lowest BCUT2D eigenvalue weighted by Gasteiger charge is -2.45. The molecule has 2 unspecified atom stereocenters. The van der Waals surface area contributed by atoms with Crippen LogP contribution in [-0.2, 0) is 16.5 Å². The maximum absolute atomic E-state index is 14.4. The van der Waals surface area contributed by atoms with Crippen LogP contribution in [0.4, 0.5) is 9.59 Å². The first-order valence-corrected chi connectivity index (χ1v) is 16.7. The number of pyridine rings is 1. The molecule has 1 aliphatic rings. The minimum absolute atomic E-state index is 0.150. The highest BCUT2D eigenvalue weighted by Gasteiger charge is 2.51. The highest BCUT2D eigenvalue weighted by Crippen LogP contribution is 2.49. The smallest absolute Gasteiger partial charge is 0.410 e. The Balaban J connectivity index is 1.85. The fraction of sp³-hybridized carbons (Fsp3) is 0.500. The summed E-state index contributed by atoms with van der Waals surface area (Å²) in [5.74, 6) is 0.697. The van der Waals surface area contributed by atoms with Crippen LogP contribution in [0.2, 0.25) is 0 Å². The number of hydrogen-bond donors (Lipinski definition) is 0. The van der Waals surface area contributed by atoms with Crippen molar-refractivity contribution in [3.8, 4) is 11.5 Å². The van der Waals surface area contributed by atoms with Gasteiger partial charge in [0.2, 0.25) is 5.43 Å². The average molecular weight is 660 g/mol. The average Bonchev–Trinajstić information content (AvgIpc) is 2.98. The summed E-state index contributed by atoms with van der Waals surface area (Å²) in [6.45, 7) is 19.0. The summed E-state index contributed by atoms with van der Waals surface area (Å²) in [6, 6.07) is 12.8. The van der Waals surface area contributed by atoms with Crippen molar-refractivity contribution in [2.45, 2.75) is 111 Å². The maximum atomic E-state index is 14.4. The molecule has 0 N–H and O–H groups in total. The molecule has 0 saturated heterocycles. The number of aromatic nitrogens is 1. The number of aryl methyl sites for hydroxylation is 1. The summed E-state index contributed by atoms with van der Waals surface area (Å²) in [5, 5.41) is 2.73. The molecule has 3 aromatic carbocycles. The molecule has 10 nitrogen and oxygen atoms in total. The standard InChI is InChI=1S/C38H49N3O7/c1-20(2)40(21(3)4)36(43)46-34-31-29(48-38(9,10)35(34)47-37(44)41(22(5)6)23(7)8)19-28(45-12)30-32(31)39(11)27-18-25-16-14-13-15-24(25)17-26(27)33(30)42/h13-23,34-35H,1-12H3. The molecule has 2 amide bonds. The summed E-state index contributed by atoms with van der Waals surface area (Å²) in [4.78, 5) is 45.7. The zero-order valence-corrected chi connectivity index (χ0v) is 30.2. The van der Waals surface area contributed by atoms with Crippen molar-refractivity contribution < 1.29 is 28.5 Å². The zero-order valence-electron chi connectivity index (χ0n) is 30.2. The van der Waals surface area contributed by atoms with E-state index in [0.717, 1.165) is 10.8 Å². The quantitative estimate of drug-likeness (QED) is 0.186. The summed E-state index contributed by atoms with van der Waals surface area (Å²) in [6.07, 6.45) is -3.35. The number of rotatable bonds is 7. The molecule has 258 valence electrons. The number of carbonyl (C=O) groups excluding carboxylic acids is 2. The Kier molecular flexibility index (Phi) is 9.34. The summed E-state index contributed by atoms with van der Waals surface area (Å²) >= 11 is 0. The van der Waals surface area contributed by atoms with Gasteiger partial charge in [0.1, 0.15) is 17.1 Å². The number of carbonyl (C=O) groups is 2. The van der Waals surface area contributed by atoms with Crippen LogP contribution in [0.5, 0.6) is 11.5 Å². The van der Waals surface area contributed by atoms with Gasteiger partial charge in [-0.1, -0.05) is 24.3 Å². The second-order valence-electron chi connectivity index (χ2n) is 14.3. The van der Waals surface area contributed by atoms with Gasteiger partial charge >= 0.3 is 12.2 Å². The van der Waals surface area contributed by atoms with E-state index in [1.54, 1.807) is 29.7 Å². The third-order valence-corrected chi connectivity index (χ3v) is 9.24. The van der Waals surface area contributed by atoms with E-state index in [1.165, 1.54) is 7.11 Å². The van der Waals surface area contributed by atoms with Crippen LogP contribution in [0.25, 0.3) is 32.6 Å². The minimum atomic E-state index is -1.15. The normalized spacial score (nSPS) is 17.2. The molecule has 1 aliphatic heterocycles. The zero-order chi connectivity index (χ0) is 35.4. The van der Waals surface area contributed by atoms with Gasteiger partial charge in [-0.15, -0.1) is 0 Å².